The van der Waals surface area contributed by atoms with Crippen molar-refractivity contribution in [3.8, 4) is 86.7 Å². The zero-order valence-corrected chi connectivity index (χ0v) is 49.5. The number of hydrogen-bond acceptors (Lipinski definition) is 12. The summed E-state index contributed by atoms with van der Waals surface area (Å²) in [6.07, 6.45) is -2.55. The van der Waals surface area contributed by atoms with Gasteiger partial charge in [0.2, 0.25) is 0 Å². The highest BCUT2D eigenvalue weighted by Crippen LogP contribution is 2.39. The Hall–Kier alpha value is -11.1. The lowest BCUT2D eigenvalue weighted by atomic mass is 10.0. The molecule has 0 unspecified atom stereocenters. The van der Waals surface area contributed by atoms with Gasteiger partial charge in [-0.3, -0.25) is 0 Å². The van der Waals surface area contributed by atoms with Gasteiger partial charge in [0.25, 0.3) is 0 Å². The molecule has 0 bridgehead atoms. The van der Waals surface area contributed by atoms with E-state index in [2.05, 4.69) is 90.1 Å². The Bertz CT molecular complexity index is 3990. The standard InChI is InChI=1S/C45H42O9.C30H18O3/c1-43(2,3)52-40(46)49-37-19-13-10-16-34(37)25-22-31-28-32(23-26-35-17-11-14-20-38(35)50-41(47)53-44(4,5)6)30-33(29-31)24-27-36-18-12-15-21-39(36)51-42(48)54-45(7,8)9;1-4-10-25-19(7-1)16-28(31-25)22-13-23(29-17-20-8-2-5-11-26(20)32-29)15-24(14-22)30-18-21-9-3-6-12-27(21)33-30/h10-21,28-30H,1-9H3;1-18H. The Morgan fingerprint density at radius 1 is 0.310 bits per heavy atom. The fraction of sp³-hybridized carbons (Fsp3) is 0.160. The minimum absolute atomic E-state index is 0.235. The molecule has 0 aliphatic heterocycles. The first-order valence-corrected chi connectivity index (χ1v) is 27.9. The number of benzene rings is 8. The molecule has 432 valence electrons. The van der Waals surface area contributed by atoms with Gasteiger partial charge in [-0.05, 0) is 172 Å². The van der Waals surface area contributed by atoms with E-state index in [0.717, 1.165) is 66.9 Å². The Morgan fingerprint density at radius 2 is 0.563 bits per heavy atom. The maximum absolute atomic E-state index is 12.4. The zero-order valence-electron chi connectivity index (χ0n) is 49.5. The predicted octanol–water partition coefficient (Wildman–Crippen LogP) is 18.8. The van der Waals surface area contributed by atoms with Crippen molar-refractivity contribution >= 4 is 51.4 Å². The topological polar surface area (TPSA) is 146 Å². The first kappa shape index (κ1) is 59.0. The summed E-state index contributed by atoms with van der Waals surface area (Å²) in [4.78, 5) is 37.3. The molecule has 0 saturated carbocycles. The van der Waals surface area contributed by atoms with Crippen molar-refractivity contribution in [3.63, 3.8) is 0 Å². The Kier molecular flexibility index (Phi) is 17.2. The highest BCUT2D eigenvalue weighted by Gasteiger charge is 2.22. The van der Waals surface area contributed by atoms with Gasteiger partial charge in [0.05, 0.1) is 16.7 Å². The van der Waals surface area contributed by atoms with Crippen LogP contribution in [-0.2, 0) is 14.2 Å². The molecule has 3 aromatic heterocycles. The van der Waals surface area contributed by atoms with Crippen LogP contribution in [0.5, 0.6) is 17.2 Å². The molecule has 0 saturated heterocycles. The van der Waals surface area contributed by atoms with E-state index >= 15 is 0 Å². The lowest BCUT2D eigenvalue weighted by molar-refractivity contribution is 0.0192. The summed E-state index contributed by atoms with van der Waals surface area (Å²) in [5.74, 6) is 21.8. The molecule has 11 rings (SSSR count). The highest BCUT2D eigenvalue weighted by atomic mass is 16.7. The second-order valence-corrected chi connectivity index (χ2v) is 23.0. The van der Waals surface area contributed by atoms with Crippen LogP contribution in [0, 0.1) is 35.5 Å². The summed E-state index contributed by atoms with van der Waals surface area (Å²) in [5.41, 5.74) is 6.32. The van der Waals surface area contributed by atoms with Crippen molar-refractivity contribution in [2.24, 2.45) is 0 Å². The average Bonchev–Trinajstić information content (AvgIpc) is 2.58. The van der Waals surface area contributed by atoms with Gasteiger partial charge in [-0.25, -0.2) is 14.4 Å². The first-order valence-electron chi connectivity index (χ1n) is 27.9. The van der Waals surface area contributed by atoms with Gasteiger partial charge in [0, 0.05) is 49.5 Å². The van der Waals surface area contributed by atoms with Crippen molar-refractivity contribution in [1.29, 1.82) is 0 Å². The van der Waals surface area contributed by atoms with Gasteiger partial charge in [-0.15, -0.1) is 0 Å². The van der Waals surface area contributed by atoms with Gasteiger partial charge in [0.1, 0.15) is 68.1 Å². The van der Waals surface area contributed by atoms with Crippen LogP contribution in [0.4, 0.5) is 14.4 Å². The summed E-state index contributed by atoms with van der Waals surface area (Å²) in [5, 5.41) is 3.23. The van der Waals surface area contributed by atoms with Crippen LogP contribution < -0.4 is 14.2 Å². The molecule has 8 aromatic carbocycles. The number of carbonyl (C=O) groups is 3. The summed E-state index contributed by atoms with van der Waals surface area (Å²) in [7, 11) is 0. The molecule has 0 fully saturated rings. The van der Waals surface area contributed by atoms with Crippen molar-refractivity contribution in [1.82, 2.24) is 0 Å². The second kappa shape index (κ2) is 25.4. The number of fused-ring (bicyclic) bond motifs is 3. The fourth-order valence-electron chi connectivity index (χ4n) is 8.75. The molecule has 0 aliphatic rings. The molecule has 87 heavy (non-hydrogen) atoms. The van der Waals surface area contributed by atoms with Crippen LogP contribution in [0.3, 0.4) is 0 Å². The van der Waals surface area contributed by atoms with Gasteiger partial charge < -0.3 is 41.7 Å². The lowest BCUT2D eigenvalue weighted by Gasteiger charge is -2.18. The molecule has 0 radical (unpaired) electrons. The van der Waals surface area contributed by atoms with E-state index in [4.69, 9.17) is 41.7 Å². The van der Waals surface area contributed by atoms with Crippen LogP contribution >= 0.6 is 0 Å². The van der Waals surface area contributed by atoms with Crippen molar-refractivity contribution in [2.75, 3.05) is 0 Å². The minimum Gasteiger partial charge on any atom is -0.456 e. The number of hydrogen-bond donors (Lipinski definition) is 0. The van der Waals surface area contributed by atoms with Gasteiger partial charge >= 0.3 is 18.5 Å². The van der Waals surface area contributed by atoms with Crippen LogP contribution in [-0.4, -0.2) is 35.3 Å². The molecular formula is C75H60O12. The highest BCUT2D eigenvalue weighted by molar-refractivity contribution is 5.89. The largest absolute Gasteiger partial charge is 0.514 e. The van der Waals surface area contributed by atoms with Crippen molar-refractivity contribution in [2.45, 2.75) is 79.1 Å². The normalized spacial score (nSPS) is 11.1. The number of furan rings is 3. The Balaban J connectivity index is 0.000000214. The molecular weight excluding hydrogens is 1090 g/mol. The molecule has 0 N–H and O–H groups in total. The predicted molar refractivity (Wildman–Crippen MR) is 336 cm³/mol. The van der Waals surface area contributed by atoms with Crippen LogP contribution in [0.1, 0.15) is 95.7 Å². The van der Waals surface area contributed by atoms with Crippen LogP contribution in [0.2, 0.25) is 0 Å². The number of carbonyl (C=O) groups excluding carboxylic acids is 3. The summed E-state index contributed by atoms with van der Waals surface area (Å²) in [6, 6.07) is 62.6. The number of rotatable bonds is 6. The maximum Gasteiger partial charge on any atom is 0.514 e. The number of para-hydroxylation sites is 6. The van der Waals surface area contributed by atoms with E-state index < -0.39 is 35.3 Å². The summed E-state index contributed by atoms with van der Waals surface area (Å²) >= 11 is 0. The molecule has 0 amide bonds. The summed E-state index contributed by atoms with van der Waals surface area (Å²) in [6.45, 7) is 15.7. The van der Waals surface area contributed by atoms with E-state index in [1.807, 2.05) is 54.6 Å². The van der Waals surface area contributed by atoms with Gasteiger partial charge in [-0.2, -0.15) is 0 Å². The third-order valence-electron chi connectivity index (χ3n) is 12.4. The molecule has 12 nitrogen and oxygen atoms in total. The third-order valence-corrected chi connectivity index (χ3v) is 12.4. The van der Waals surface area contributed by atoms with Gasteiger partial charge in [-0.1, -0.05) is 127 Å². The van der Waals surface area contributed by atoms with E-state index in [-0.39, 0.29) is 17.2 Å². The smallest absolute Gasteiger partial charge is 0.456 e. The van der Waals surface area contributed by atoms with E-state index in [0.29, 0.717) is 33.4 Å². The number of ether oxygens (including phenoxy) is 6. The van der Waals surface area contributed by atoms with Gasteiger partial charge in [0.15, 0.2) is 0 Å². The molecule has 12 heteroatoms. The maximum atomic E-state index is 12.4. The summed E-state index contributed by atoms with van der Waals surface area (Å²) < 4.78 is 50.9. The van der Waals surface area contributed by atoms with E-state index in [1.165, 1.54) is 0 Å². The minimum atomic E-state index is -0.849. The van der Waals surface area contributed by atoms with Crippen molar-refractivity contribution in [3.05, 3.63) is 234 Å². The molecule has 0 atom stereocenters. The molecule has 0 spiro atoms. The monoisotopic (exact) mass is 1150 g/mol. The van der Waals surface area contributed by atoms with E-state index in [9.17, 15) is 14.4 Å². The van der Waals surface area contributed by atoms with Crippen molar-refractivity contribution < 1.29 is 56.1 Å². The first-order chi connectivity index (χ1) is 41.6. The fourth-order valence-corrected chi connectivity index (χ4v) is 8.75. The Morgan fingerprint density at radius 3 is 0.828 bits per heavy atom. The third kappa shape index (κ3) is 16.2. The SMILES string of the molecule is CC(C)(C)OC(=O)Oc1ccccc1C#Cc1cc(C#Cc2ccccc2OC(=O)OC(C)(C)C)cc(C#Cc2ccccc2OC(=O)OC(C)(C)C)c1.c1ccc2oc(-c3cc(-c4cc5ccccc5o4)cc(-c4cc5ccccc5o4)c3)cc2c1. The molecule has 11 aromatic rings. The molecule has 0 aliphatic carbocycles. The average molecular weight is 1150 g/mol. The van der Waals surface area contributed by atoms with Crippen LogP contribution in [0.15, 0.2) is 213 Å². The Labute approximate surface area is 504 Å². The zero-order chi connectivity index (χ0) is 61.3. The lowest BCUT2D eigenvalue weighted by Crippen LogP contribution is -2.26. The quantitative estimate of drug-likeness (QED) is 0.0676. The molecule has 3 heterocycles. The second-order valence-electron chi connectivity index (χ2n) is 23.0. The van der Waals surface area contributed by atoms with Crippen LogP contribution in [0.25, 0.3) is 66.9 Å². The van der Waals surface area contributed by atoms with E-state index in [1.54, 1.807) is 153 Å².